The molecule has 0 aliphatic carbocycles. The fraction of sp³-hybridized carbons (Fsp3) is 0.333. The molecular formula is C15H19N. The van der Waals surface area contributed by atoms with Gasteiger partial charge in [0.2, 0.25) is 0 Å². The molecule has 0 saturated carbocycles. The molecule has 1 aromatic heterocycles. The van der Waals surface area contributed by atoms with Crippen molar-refractivity contribution in [3.8, 4) is 5.69 Å². The van der Waals surface area contributed by atoms with Gasteiger partial charge in [-0.1, -0.05) is 39.0 Å². The zero-order valence-electron chi connectivity index (χ0n) is 10.3. The van der Waals surface area contributed by atoms with Crippen molar-refractivity contribution in [1.82, 2.24) is 4.57 Å². The van der Waals surface area contributed by atoms with Crippen molar-refractivity contribution >= 4 is 0 Å². The van der Waals surface area contributed by atoms with Gasteiger partial charge in [-0.25, -0.2) is 0 Å². The Morgan fingerprint density at radius 3 is 2.31 bits per heavy atom. The molecule has 2 aromatic rings. The molecule has 0 aliphatic rings. The quantitative estimate of drug-likeness (QED) is 0.721. The molecule has 0 atom stereocenters. The topological polar surface area (TPSA) is 4.93 Å². The van der Waals surface area contributed by atoms with Gasteiger partial charge < -0.3 is 4.57 Å². The van der Waals surface area contributed by atoms with Crippen LogP contribution in [-0.4, -0.2) is 4.57 Å². The van der Waals surface area contributed by atoms with Gasteiger partial charge in [-0.15, -0.1) is 0 Å². The Morgan fingerprint density at radius 2 is 1.75 bits per heavy atom. The molecule has 1 nitrogen and oxygen atoms in total. The molecule has 2 rings (SSSR count). The molecule has 16 heavy (non-hydrogen) atoms. The molecule has 0 aliphatic heterocycles. The average molecular weight is 213 g/mol. The normalized spacial score (nSPS) is 11.0. The van der Waals surface area contributed by atoms with Gasteiger partial charge in [0.05, 0.1) is 0 Å². The highest BCUT2D eigenvalue weighted by atomic mass is 15.0. The monoisotopic (exact) mass is 213 g/mol. The second kappa shape index (κ2) is 4.56. The van der Waals surface area contributed by atoms with Gasteiger partial charge in [-0.2, -0.15) is 0 Å². The number of hydrogen-bond donors (Lipinski definition) is 0. The second-order valence-corrected chi connectivity index (χ2v) is 4.43. The van der Waals surface area contributed by atoms with E-state index >= 15 is 0 Å². The highest BCUT2D eigenvalue weighted by molar-refractivity contribution is 5.39. The number of benzene rings is 1. The summed E-state index contributed by atoms with van der Waals surface area (Å²) in [7, 11) is 0. The Kier molecular flexibility index (Phi) is 3.14. The average Bonchev–Trinajstić information content (AvgIpc) is 2.73. The van der Waals surface area contributed by atoms with Crippen molar-refractivity contribution in [2.75, 3.05) is 0 Å². The summed E-state index contributed by atoms with van der Waals surface area (Å²) in [5, 5.41) is 0. The lowest BCUT2D eigenvalue weighted by molar-refractivity contribution is 0.822. The van der Waals surface area contributed by atoms with E-state index in [1.165, 1.54) is 16.9 Å². The smallest absolute Gasteiger partial charge is 0.0452 e. The summed E-state index contributed by atoms with van der Waals surface area (Å²) in [5.41, 5.74) is 4.15. The molecule has 1 aromatic carbocycles. The Morgan fingerprint density at radius 1 is 1.06 bits per heavy atom. The molecule has 1 heterocycles. The zero-order valence-corrected chi connectivity index (χ0v) is 10.3. The standard InChI is InChI=1S/C15H19N/c1-4-15-14(12(2)3)10-11-16(15)13-8-6-5-7-9-13/h5-12H,4H2,1-3H3. The Labute approximate surface area is 97.7 Å². The van der Waals surface area contributed by atoms with Crippen LogP contribution in [0.4, 0.5) is 0 Å². The van der Waals surface area contributed by atoms with Gasteiger partial charge in [0, 0.05) is 17.6 Å². The summed E-state index contributed by atoms with van der Waals surface area (Å²) in [4.78, 5) is 0. The first-order valence-electron chi connectivity index (χ1n) is 5.99. The fourth-order valence-electron chi connectivity index (χ4n) is 2.21. The third-order valence-corrected chi connectivity index (χ3v) is 3.02. The zero-order chi connectivity index (χ0) is 11.5. The minimum atomic E-state index is 0.597. The molecule has 0 radical (unpaired) electrons. The van der Waals surface area contributed by atoms with Crippen LogP contribution in [0.1, 0.15) is 37.9 Å². The number of rotatable bonds is 3. The van der Waals surface area contributed by atoms with E-state index in [1.54, 1.807) is 0 Å². The lowest BCUT2D eigenvalue weighted by atomic mass is 10.0. The summed E-state index contributed by atoms with van der Waals surface area (Å²) < 4.78 is 2.30. The number of aromatic nitrogens is 1. The maximum absolute atomic E-state index is 2.30. The highest BCUT2D eigenvalue weighted by Crippen LogP contribution is 2.24. The third kappa shape index (κ3) is 1.90. The number of para-hydroxylation sites is 1. The molecular weight excluding hydrogens is 194 g/mol. The van der Waals surface area contributed by atoms with E-state index in [2.05, 4.69) is 67.9 Å². The van der Waals surface area contributed by atoms with Crippen LogP contribution in [0.25, 0.3) is 5.69 Å². The first-order chi connectivity index (χ1) is 7.74. The molecule has 84 valence electrons. The summed E-state index contributed by atoms with van der Waals surface area (Å²) in [6.07, 6.45) is 3.26. The van der Waals surface area contributed by atoms with Gasteiger partial charge in [0.1, 0.15) is 0 Å². The Hall–Kier alpha value is -1.50. The van der Waals surface area contributed by atoms with Crippen LogP contribution in [0.15, 0.2) is 42.6 Å². The van der Waals surface area contributed by atoms with E-state index in [4.69, 9.17) is 0 Å². The minimum Gasteiger partial charge on any atom is -0.321 e. The first kappa shape index (κ1) is 11.0. The van der Waals surface area contributed by atoms with E-state index < -0.39 is 0 Å². The fourth-order valence-corrected chi connectivity index (χ4v) is 2.21. The molecule has 0 bridgehead atoms. The van der Waals surface area contributed by atoms with Crippen LogP contribution < -0.4 is 0 Å². The van der Waals surface area contributed by atoms with Crippen molar-refractivity contribution in [3.05, 3.63) is 53.9 Å². The van der Waals surface area contributed by atoms with E-state index in [1.807, 2.05) is 0 Å². The van der Waals surface area contributed by atoms with Crippen molar-refractivity contribution in [3.63, 3.8) is 0 Å². The predicted octanol–water partition coefficient (Wildman–Crippen LogP) is 4.16. The van der Waals surface area contributed by atoms with E-state index in [-0.39, 0.29) is 0 Å². The van der Waals surface area contributed by atoms with Gasteiger partial charge in [0.15, 0.2) is 0 Å². The third-order valence-electron chi connectivity index (χ3n) is 3.02. The molecule has 0 N–H and O–H groups in total. The van der Waals surface area contributed by atoms with Gasteiger partial charge in [0.25, 0.3) is 0 Å². The largest absolute Gasteiger partial charge is 0.321 e. The lowest BCUT2D eigenvalue weighted by Crippen LogP contribution is -2.00. The van der Waals surface area contributed by atoms with Crippen molar-refractivity contribution in [2.24, 2.45) is 0 Å². The maximum Gasteiger partial charge on any atom is 0.0452 e. The van der Waals surface area contributed by atoms with Crippen molar-refractivity contribution in [1.29, 1.82) is 0 Å². The molecule has 0 spiro atoms. The Balaban J connectivity index is 2.50. The van der Waals surface area contributed by atoms with Crippen LogP contribution >= 0.6 is 0 Å². The van der Waals surface area contributed by atoms with Gasteiger partial charge in [-0.3, -0.25) is 0 Å². The van der Waals surface area contributed by atoms with Crippen LogP contribution in [0.5, 0.6) is 0 Å². The number of hydrogen-bond acceptors (Lipinski definition) is 0. The maximum atomic E-state index is 2.30. The molecule has 0 fully saturated rings. The summed E-state index contributed by atoms with van der Waals surface area (Å²) >= 11 is 0. The van der Waals surface area contributed by atoms with Gasteiger partial charge >= 0.3 is 0 Å². The van der Waals surface area contributed by atoms with Crippen LogP contribution in [0, 0.1) is 0 Å². The van der Waals surface area contributed by atoms with E-state index in [9.17, 15) is 0 Å². The molecule has 0 amide bonds. The highest BCUT2D eigenvalue weighted by Gasteiger charge is 2.10. The van der Waals surface area contributed by atoms with Gasteiger partial charge in [-0.05, 0) is 36.1 Å². The summed E-state index contributed by atoms with van der Waals surface area (Å²) in [6, 6.07) is 12.8. The van der Waals surface area contributed by atoms with E-state index in [0.29, 0.717) is 5.92 Å². The minimum absolute atomic E-state index is 0.597. The second-order valence-electron chi connectivity index (χ2n) is 4.43. The summed E-state index contributed by atoms with van der Waals surface area (Å²) in [5.74, 6) is 0.597. The van der Waals surface area contributed by atoms with E-state index in [0.717, 1.165) is 6.42 Å². The SMILES string of the molecule is CCc1c(C(C)C)ccn1-c1ccccc1. The molecule has 0 unspecified atom stereocenters. The molecule has 0 saturated heterocycles. The van der Waals surface area contributed by atoms with Crippen molar-refractivity contribution < 1.29 is 0 Å². The Bertz CT molecular complexity index is 452. The molecule has 1 heteroatoms. The number of nitrogens with zero attached hydrogens (tertiary/aromatic N) is 1. The van der Waals surface area contributed by atoms with Crippen LogP contribution in [-0.2, 0) is 6.42 Å². The summed E-state index contributed by atoms with van der Waals surface area (Å²) in [6.45, 7) is 6.73. The van der Waals surface area contributed by atoms with Crippen LogP contribution in [0.2, 0.25) is 0 Å². The van der Waals surface area contributed by atoms with Crippen LogP contribution in [0.3, 0.4) is 0 Å². The first-order valence-corrected chi connectivity index (χ1v) is 5.99. The predicted molar refractivity (Wildman–Crippen MR) is 69.2 cm³/mol. The van der Waals surface area contributed by atoms with Crippen molar-refractivity contribution in [2.45, 2.75) is 33.1 Å². The lowest BCUT2D eigenvalue weighted by Gasteiger charge is -2.11.